The summed E-state index contributed by atoms with van der Waals surface area (Å²) in [5.74, 6) is -3.79. The van der Waals surface area contributed by atoms with Crippen molar-refractivity contribution in [1.29, 1.82) is 0 Å². The minimum absolute atomic E-state index is 0.0373. The number of H-pyrrole nitrogens is 1. The first kappa shape index (κ1) is 17.5. The van der Waals surface area contributed by atoms with Crippen molar-refractivity contribution in [2.45, 2.75) is 25.6 Å². The second-order valence-corrected chi connectivity index (χ2v) is 6.44. The van der Waals surface area contributed by atoms with Gasteiger partial charge < -0.3 is 14.9 Å². The Kier molecular flexibility index (Phi) is 3.93. The Hall–Kier alpha value is -2.91. The van der Waals surface area contributed by atoms with Gasteiger partial charge in [-0.15, -0.1) is 0 Å². The molecule has 3 heterocycles. The predicted molar refractivity (Wildman–Crippen MR) is 86.3 cm³/mol. The van der Waals surface area contributed by atoms with Crippen molar-refractivity contribution in [3.05, 3.63) is 47.7 Å². The smallest absolute Gasteiger partial charge is 0.359 e. The molecule has 0 fully saturated rings. The third kappa shape index (κ3) is 3.15. The van der Waals surface area contributed by atoms with Crippen LogP contribution in [-0.2, 0) is 13.0 Å². The number of fused-ring (bicyclic) bond motifs is 2. The van der Waals surface area contributed by atoms with Crippen LogP contribution in [0.4, 0.5) is 27.6 Å². The molecular formula is C17H13F5N4O. The van der Waals surface area contributed by atoms with Crippen LogP contribution in [-0.4, -0.2) is 26.6 Å². The zero-order chi connectivity index (χ0) is 19.3. The molecule has 0 saturated carbocycles. The van der Waals surface area contributed by atoms with Gasteiger partial charge in [-0.1, -0.05) is 0 Å². The SMILES string of the molecule is O=C(Nc1c[nH]c2cc(F)c(F)cc12)c1cn2c(n1)CCC(C(F)(F)F)C2. The molecule has 2 aromatic heterocycles. The molecule has 0 spiro atoms. The van der Waals surface area contributed by atoms with Crippen molar-refractivity contribution in [3.8, 4) is 0 Å². The summed E-state index contributed by atoms with van der Waals surface area (Å²) in [6.07, 6.45) is -1.60. The molecule has 3 aromatic rings. The number of nitrogens with zero attached hydrogens (tertiary/aromatic N) is 2. The first-order chi connectivity index (χ1) is 12.7. The molecule has 1 atom stereocenters. The molecule has 1 aliphatic heterocycles. The van der Waals surface area contributed by atoms with Crippen LogP contribution in [0, 0.1) is 17.6 Å². The number of benzene rings is 1. The molecule has 1 aromatic carbocycles. The number of aromatic amines is 1. The van der Waals surface area contributed by atoms with Gasteiger partial charge in [-0.25, -0.2) is 13.8 Å². The highest BCUT2D eigenvalue weighted by Gasteiger charge is 2.41. The fraction of sp³-hybridized carbons (Fsp3) is 0.294. The number of amides is 1. The number of rotatable bonds is 2. The minimum Gasteiger partial charge on any atom is -0.359 e. The number of aryl methyl sites for hydroxylation is 1. The van der Waals surface area contributed by atoms with E-state index in [0.29, 0.717) is 11.3 Å². The van der Waals surface area contributed by atoms with Gasteiger partial charge in [-0.2, -0.15) is 13.2 Å². The van der Waals surface area contributed by atoms with Gasteiger partial charge in [0.2, 0.25) is 0 Å². The lowest BCUT2D eigenvalue weighted by Crippen LogP contribution is -2.31. The van der Waals surface area contributed by atoms with Crippen molar-refractivity contribution in [2.75, 3.05) is 5.32 Å². The number of hydrogen-bond acceptors (Lipinski definition) is 2. The number of carbonyl (C=O) groups is 1. The van der Waals surface area contributed by atoms with Crippen molar-refractivity contribution in [1.82, 2.24) is 14.5 Å². The predicted octanol–water partition coefficient (Wildman–Crippen LogP) is 4.02. The second kappa shape index (κ2) is 6.07. The van der Waals surface area contributed by atoms with Gasteiger partial charge in [-0.05, 0) is 12.5 Å². The largest absolute Gasteiger partial charge is 0.393 e. The van der Waals surface area contributed by atoms with Crippen LogP contribution in [0.5, 0.6) is 0 Å². The Morgan fingerprint density at radius 1 is 1.26 bits per heavy atom. The van der Waals surface area contributed by atoms with Crippen LogP contribution in [0.15, 0.2) is 24.5 Å². The molecule has 0 bridgehead atoms. The van der Waals surface area contributed by atoms with Crippen LogP contribution >= 0.6 is 0 Å². The summed E-state index contributed by atoms with van der Waals surface area (Å²) in [6.45, 7) is -0.281. The first-order valence-corrected chi connectivity index (χ1v) is 8.12. The lowest BCUT2D eigenvalue weighted by Gasteiger charge is -2.25. The lowest BCUT2D eigenvalue weighted by atomic mass is 9.99. The van der Waals surface area contributed by atoms with Gasteiger partial charge in [-0.3, -0.25) is 4.79 Å². The molecular weight excluding hydrogens is 371 g/mol. The van der Waals surface area contributed by atoms with E-state index in [2.05, 4.69) is 15.3 Å². The molecule has 5 nitrogen and oxygen atoms in total. The Morgan fingerprint density at radius 2 is 2.00 bits per heavy atom. The lowest BCUT2D eigenvalue weighted by molar-refractivity contribution is -0.182. The number of anilines is 1. The van der Waals surface area contributed by atoms with E-state index in [1.54, 1.807) is 0 Å². The molecule has 1 amide bonds. The van der Waals surface area contributed by atoms with E-state index >= 15 is 0 Å². The third-order valence-electron chi connectivity index (χ3n) is 4.66. The third-order valence-corrected chi connectivity index (χ3v) is 4.66. The molecule has 142 valence electrons. The topological polar surface area (TPSA) is 62.7 Å². The highest BCUT2D eigenvalue weighted by atomic mass is 19.4. The van der Waals surface area contributed by atoms with E-state index < -0.39 is 29.6 Å². The highest BCUT2D eigenvalue weighted by Crippen LogP contribution is 2.34. The fourth-order valence-corrected chi connectivity index (χ4v) is 3.23. The number of aromatic nitrogens is 3. The van der Waals surface area contributed by atoms with Gasteiger partial charge in [0.1, 0.15) is 11.5 Å². The average molecular weight is 384 g/mol. The summed E-state index contributed by atoms with van der Waals surface area (Å²) < 4.78 is 66.7. The molecule has 4 rings (SSSR count). The van der Waals surface area contributed by atoms with Crippen LogP contribution < -0.4 is 5.32 Å². The van der Waals surface area contributed by atoms with Crippen molar-refractivity contribution in [2.24, 2.45) is 5.92 Å². The number of nitrogens with one attached hydrogen (secondary N) is 2. The highest BCUT2D eigenvalue weighted by molar-refractivity contribution is 6.08. The van der Waals surface area contributed by atoms with E-state index in [4.69, 9.17) is 0 Å². The summed E-state index contributed by atoms with van der Waals surface area (Å²) in [5.41, 5.74) is 0.471. The maximum absolute atomic E-state index is 13.4. The van der Waals surface area contributed by atoms with Gasteiger partial charge in [0.15, 0.2) is 11.6 Å². The minimum atomic E-state index is -4.30. The molecule has 0 aliphatic carbocycles. The molecule has 1 aliphatic rings. The molecule has 0 radical (unpaired) electrons. The van der Waals surface area contributed by atoms with Gasteiger partial charge in [0, 0.05) is 36.8 Å². The zero-order valence-corrected chi connectivity index (χ0v) is 13.7. The summed E-state index contributed by atoms with van der Waals surface area (Å²) in [6, 6.07) is 1.91. The van der Waals surface area contributed by atoms with E-state index in [1.807, 2.05) is 0 Å². The molecule has 10 heteroatoms. The molecule has 27 heavy (non-hydrogen) atoms. The average Bonchev–Trinajstić information content (AvgIpc) is 3.18. The van der Waals surface area contributed by atoms with Crippen molar-refractivity contribution >= 4 is 22.5 Å². The number of carbonyl (C=O) groups excluding carboxylic acids is 1. The molecule has 0 saturated heterocycles. The number of alkyl halides is 3. The summed E-state index contributed by atoms with van der Waals surface area (Å²) >= 11 is 0. The quantitative estimate of drug-likeness (QED) is 0.656. The van der Waals surface area contributed by atoms with Gasteiger partial charge in [0.05, 0.1) is 17.1 Å². The molecule has 2 N–H and O–H groups in total. The van der Waals surface area contributed by atoms with Crippen LogP contribution in [0.1, 0.15) is 22.7 Å². The Morgan fingerprint density at radius 3 is 2.74 bits per heavy atom. The summed E-state index contributed by atoms with van der Waals surface area (Å²) in [4.78, 5) is 19.2. The standard InChI is InChI=1S/C17H13F5N4O/c18-10-3-9-12(4-11(10)19)23-5-13(9)25-16(27)14-7-26-6-8(17(20,21)22)1-2-15(26)24-14/h3-5,7-8,23H,1-2,6H2,(H,25,27). The van der Waals surface area contributed by atoms with E-state index in [0.717, 1.165) is 12.1 Å². The van der Waals surface area contributed by atoms with Crippen LogP contribution in [0.25, 0.3) is 10.9 Å². The number of imidazole rings is 1. The van der Waals surface area contributed by atoms with Crippen LogP contribution in [0.2, 0.25) is 0 Å². The van der Waals surface area contributed by atoms with E-state index in [-0.39, 0.29) is 36.2 Å². The zero-order valence-electron chi connectivity index (χ0n) is 13.7. The summed E-state index contributed by atoms with van der Waals surface area (Å²) in [7, 11) is 0. The maximum Gasteiger partial charge on any atom is 0.393 e. The Bertz CT molecular complexity index is 1040. The first-order valence-electron chi connectivity index (χ1n) is 8.12. The van der Waals surface area contributed by atoms with Crippen molar-refractivity contribution in [3.63, 3.8) is 0 Å². The summed E-state index contributed by atoms with van der Waals surface area (Å²) in [5, 5.41) is 2.79. The monoisotopic (exact) mass is 384 g/mol. The number of halogens is 5. The Labute approximate surface area is 149 Å². The van der Waals surface area contributed by atoms with E-state index in [9.17, 15) is 26.7 Å². The van der Waals surface area contributed by atoms with Crippen LogP contribution in [0.3, 0.4) is 0 Å². The number of hydrogen-bond donors (Lipinski definition) is 2. The normalized spacial score (nSPS) is 17.1. The molecule has 1 unspecified atom stereocenters. The van der Waals surface area contributed by atoms with Crippen molar-refractivity contribution < 1.29 is 26.7 Å². The van der Waals surface area contributed by atoms with Gasteiger partial charge >= 0.3 is 6.18 Å². The Balaban J connectivity index is 1.57. The van der Waals surface area contributed by atoms with E-state index in [1.165, 1.54) is 17.0 Å². The maximum atomic E-state index is 13.4. The van der Waals surface area contributed by atoms with Gasteiger partial charge in [0.25, 0.3) is 5.91 Å². The second-order valence-electron chi connectivity index (χ2n) is 6.44. The fourth-order valence-electron chi connectivity index (χ4n) is 3.23.